The van der Waals surface area contributed by atoms with Gasteiger partial charge in [-0.15, -0.1) is 0 Å². The van der Waals surface area contributed by atoms with Crippen LogP contribution in [-0.2, 0) is 11.3 Å². The molecule has 5 heteroatoms. The van der Waals surface area contributed by atoms with Crippen LogP contribution in [0.3, 0.4) is 0 Å². The van der Waals surface area contributed by atoms with Crippen molar-refractivity contribution in [1.82, 2.24) is 4.98 Å². The van der Waals surface area contributed by atoms with Gasteiger partial charge in [0, 0.05) is 0 Å². The van der Waals surface area contributed by atoms with E-state index in [2.05, 4.69) is 4.98 Å². The van der Waals surface area contributed by atoms with E-state index in [1.165, 1.54) is 0 Å². The Hall–Kier alpha value is -2.07. The number of carbonyl (C=O) groups excluding carboxylic acids is 1. The van der Waals surface area contributed by atoms with Gasteiger partial charge in [0.1, 0.15) is 23.2 Å². The zero-order valence-electron chi connectivity index (χ0n) is 10.3. The predicted molar refractivity (Wildman–Crippen MR) is 71.4 cm³/mol. The Morgan fingerprint density at radius 2 is 1.95 bits per heavy atom. The first-order chi connectivity index (χ1) is 9.19. The zero-order chi connectivity index (χ0) is 13.7. The van der Waals surface area contributed by atoms with Crippen LogP contribution in [0.4, 0.5) is 0 Å². The second kappa shape index (κ2) is 6.20. The fourth-order valence-electron chi connectivity index (χ4n) is 1.47. The third-order valence-corrected chi connectivity index (χ3v) is 2.66. The van der Waals surface area contributed by atoms with Gasteiger partial charge in [-0.05, 0) is 29.8 Å². The fourth-order valence-corrected chi connectivity index (χ4v) is 1.63. The molecule has 2 rings (SSSR count). The fraction of sp³-hybridized carbons (Fsp3) is 0.143. The molecule has 1 aromatic carbocycles. The number of methoxy groups -OCH3 is 1. The Morgan fingerprint density at radius 1 is 1.21 bits per heavy atom. The van der Waals surface area contributed by atoms with Crippen molar-refractivity contribution in [2.24, 2.45) is 0 Å². The van der Waals surface area contributed by atoms with Gasteiger partial charge in [0.05, 0.1) is 7.11 Å². The highest BCUT2D eigenvalue weighted by atomic mass is 35.5. The maximum absolute atomic E-state index is 11.7. The van der Waals surface area contributed by atoms with E-state index >= 15 is 0 Å². The van der Waals surface area contributed by atoms with E-state index in [4.69, 9.17) is 21.1 Å². The maximum atomic E-state index is 11.7. The second-order valence-electron chi connectivity index (χ2n) is 3.77. The molecule has 0 atom stereocenters. The molecule has 1 aromatic heterocycles. The van der Waals surface area contributed by atoms with Gasteiger partial charge in [-0.25, -0.2) is 9.78 Å². The lowest BCUT2D eigenvalue weighted by Gasteiger charge is -2.05. The van der Waals surface area contributed by atoms with Crippen molar-refractivity contribution in [2.45, 2.75) is 6.61 Å². The van der Waals surface area contributed by atoms with Crippen LogP contribution in [0.1, 0.15) is 16.1 Å². The number of hydrogen-bond acceptors (Lipinski definition) is 4. The highest BCUT2D eigenvalue weighted by Gasteiger charge is 2.09. The van der Waals surface area contributed by atoms with E-state index in [0.717, 1.165) is 11.3 Å². The van der Waals surface area contributed by atoms with Gasteiger partial charge in [-0.2, -0.15) is 0 Å². The van der Waals surface area contributed by atoms with E-state index in [1.54, 1.807) is 37.4 Å². The second-order valence-corrected chi connectivity index (χ2v) is 4.16. The average Bonchev–Trinajstić information content (AvgIpc) is 2.45. The molecule has 0 aliphatic carbocycles. The molecular weight excluding hydrogens is 266 g/mol. The third kappa shape index (κ3) is 3.69. The van der Waals surface area contributed by atoms with Crippen molar-refractivity contribution in [1.29, 1.82) is 0 Å². The first-order valence-corrected chi connectivity index (χ1v) is 5.99. The minimum atomic E-state index is -0.502. The topological polar surface area (TPSA) is 48.4 Å². The van der Waals surface area contributed by atoms with Gasteiger partial charge >= 0.3 is 5.97 Å². The van der Waals surface area contributed by atoms with E-state index in [0.29, 0.717) is 0 Å². The van der Waals surface area contributed by atoms with Crippen molar-refractivity contribution in [3.05, 3.63) is 58.9 Å². The van der Waals surface area contributed by atoms with Crippen molar-refractivity contribution in [2.75, 3.05) is 7.11 Å². The number of nitrogens with zero attached hydrogens (tertiary/aromatic N) is 1. The van der Waals surface area contributed by atoms with Crippen molar-refractivity contribution >= 4 is 17.6 Å². The number of esters is 1. The first kappa shape index (κ1) is 13.4. The summed E-state index contributed by atoms with van der Waals surface area (Å²) >= 11 is 5.71. The minimum Gasteiger partial charge on any atom is -0.497 e. The summed E-state index contributed by atoms with van der Waals surface area (Å²) in [4.78, 5) is 15.6. The largest absolute Gasteiger partial charge is 0.497 e. The van der Waals surface area contributed by atoms with Gasteiger partial charge in [0.25, 0.3) is 0 Å². The molecule has 0 saturated carbocycles. The summed E-state index contributed by atoms with van der Waals surface area (Å²) in [5.74, 6) is 0.255. The highest BCUT2D eigenvalue weighted by molar-refractivity contribution is 6.29. The van der Waals surface area contributed by atoms with Crippen LogP contribution in [0.2, 0.25) is 5.15 Å². The zero-order valence-corrected chi connectivity index (χ0v) is 11.1. The molecule has 2 aromatic rings. The van der Waals surface area contributed by atoms with Crippen molar-refractivity contribution in [3.63, 3.8) is 0 Å². The standard InChI is InChI=1S/C14H12ClNO3/c1-18-11-7-5-10(6-8-11)9-19-14(17)12-3-2-4-13(15)16-12/h2-8H,9H2,1H3. The quantitative estimate of drug-likeness (QED) is 0.636. The van der Waals surface area contributed by atoms with E-state index in [9.17, 15) is 4.79 Å². The lowest BCUT2D eigenvalue weighted by atomic mass is 10.2. The lowest BCUT2D eigenvalue weighted by Crippen LogP contribution is -2.07. The molecule has 0 aliphatic rings. The summed E-state index contributed by atoms with van der Waals surface area (Å²) in [5.41, 5.74) is 1.07. The van der Waals surface area contributed by atoms with E-state index in [-0.39, 0.29) is 17.5 Å². The lowest BCUT2D eigenvalue weighted by molar-refractivity contribution is 0.0465. The Bertz CT molecular complexity index is 569. The first-order valence-electron chi connectivity index (χ1n) is 5.61. The number of pyridine rings is 1. The molecule has 0 radical (unpaired) electrons. The highest BCUT2D eigenvalue weighted by Crippen LogP contribution is 2.13. The Labute approximate surface area is 115 Å². The summed E-state index contributed by atoms with van der Waals surface area (Å²) in [6.07, 6.45) is 0. The number of ether oxygens (including phenoxy) is 2. The average molecular weight is 278 g/mol. The molecule has 0 aliphatic heterocycles. The van der Waals surface area contributed by atoms with Gasteiger partial charge in [0.15, 0.2) is 0 Å². The van der Waals surface area contributed by atoms with Crippen LogP contribution in [0.5, 0.6) is 5.75 Å². The number of benzene rings is 1. The number of hydrogen-bond donors (Lipinski definition) is 0. The summed E-state index contributed by atoms with van der Waals surface area (Å²) in [6.45, 7) is 0.178. The SMILES string of the molecule is COc1ccc(COC(=O)c2cccc(Cl)n2)cc1. The predicted octanol–water partition coefficient (Wildman–Crippen LogP) is 3.10. The molecule has 1 heterocycles. The number of aromatic nitrogens is 1. The van der Waals surface area contributed by atoms with E-state index < -0.39 is 5.97 Å². The molecule has 4 nitrogen and oxygen atoms in total. The van der Waals surface area contributed by atoms with Crippen molar-refractivity contribution < 1.29 is 14.3 Å². The molecule has 0 fully saturated rings. The Balaban J connectivity index is 1.96. The van der Waals surface area contributed by atoms with E-state index in [1.807, 2.05) is 12.1 Å². The molecule has 0 amide bonds. The monoisotopic (exact) mass is 277 g/mol. The maximum Gasteiger partial charge on any atom is 0.357 e. The number of carbonyl (C=O) groups is 1. The van der Waals surface area contributed by atoms with Crippen LogP contribution in [0.25, 0.3) is 0 Å². The summed E-state index contributed by atoms with van der Waals surface area (Å²) < 4.78 is 10.2. The normalized spacial score (nSPS) is 10.0. The molecule has 19 heavy (non-hydrogen) atoms. The molecule has 0 N–H and O–H groups in total. The Morgan fingerprint density at radius 3 is 2.58 bits per heavy atom. The molecule has 0 unspecified atom stereocenters. The smallest absolute Gasteiger partial charge is 0.357 e. The van der Waals surface area contributed by atoms with Crippen LogP contribution >= 0.6 is 11.6 Å². The van der Waals surface area contributed by atoms with Gasteiger partial charge < -0.3 is 9.47 Å². The van der Waals surface area contributed by atoms with Gasteiger partial charge in [0.2, 0.25) is 0 Å². The van der Waals surface area contributed by atoms with Crippen LogP contribution in [0, 0.1) is 0 Å². The molecule has 0 spiro atoms. The van der Waals surface area contributed by atoms with Gasteiger partial charge in [-0.1, -0.05) is 29.8 Å². The summed E-state index contributed by atoms with van der Waals surface area (Å²) in [5, 5.41) is 0.263. The molecule has 0 bridgehead atoms. The number of halogens is 1. The van der Waals surface area contributed by atoms with Gasteiger partial charge in [-0.3, -0.25) is 0 Å². The third-order valence-electron chi connectivity index (χ3n) is 2.45. The summed E-state index contributed by atoms with van der Waals surface area (Å²) in [6, 6.07) is 12.1. The van der Waals surface area contributed by atoms with Crippen LogP contribution in [0.15, 0.2) is 42.5 Å². The molecule has 0 saturated heterocycles. The summed E-state index contributed by atoms with van der Waals surface area (Å²) in [7, 11) is 1.60. The molecule has 98 valence electrons. The minimum absolute atomic E-state index is 0.178. The Kier molecular flexibility index (Phi) is 4.36. The van der Waals surface area contributed by atoms with Crippen molar-refractivity contribution in [3.8, 4) is 5.75 Å². The molecular formula is C14H12ClNO3. The number of rotatable bonds is 4. The van der Waals surface area contributed by atoms with Crippen LogP contribution < -0.4 is 4.74 Å². The van der Waals surface area contributed by atoms with Crippen LogP contribution in [-0.4, -0.2) is 18.1 Å².